The smallest absolute Gasteiger partial charge is 0.110 e. The number of hydrogen-bond acceptors (Lipinski definition) is 3. The van der Waals surface area contributed by atoms with E-state index >= 15 is 0 Å². The van der Waals surface area contributed by atoms with Crippen molar-refractivity contribution in [1.82, 2.24) is 0 Å². The van der Waals surface area contributed by atoms with Crippen LogP contribution in [0.5, 0.6) is 0 Å². The standard InChI is InChI=1S/C5H10N2S/c1-5(7,3-6)4-8-2/h4,7H2,1-2H3. The van der Waals surface area contributed by atoms with E-state index in [0.29, 0.717) is 5.75 Å². The maximum absolute atomic E-state index is 8.34. The quantitative estimate of drug-likeness (QED) is 0.595. The highest BCUT2D eigenvalue weighted by Crippen LogP contribution is 2.04. The Morgan fingerprint density at radius 3 is 2.50 bits per heavy atom. The molecule has 0 aliphatic rings. The zero-order valence-electron chi connectivity index (χ0n) is 5.14. The van der Waals surface area contributed by atoms with Gasteiger partial charge in [-0.05, 0) is 13.2 Å². The number of rotatable bonds is 2. The monoisotopic (exact) mass is 130 g/mol. The van der Waals surface area contributed by atoms with Gasteiger partial charge >= 0.3 is 0 Å². The highest BCUT2D eigenvalue weighted by Gasteiger charge is 2.14. The SMILES string of the molecule is CSCC(C)(N)C#N. The van der Waals surface area contributed by atoms with Crippen LogP contribution in [0.1, 0.15) is 6.92 Å². The van der Waals surface area contributed by atoms with Crippen LogP contribution in [0, 0.1) is 11.3 Å². The molecular weight excluding hydrogens is 120 g/mol. The van der Waals surface area contributed by atoms with Gasteiger partial charge in [0.05, 0.1) is 6.07 Å². The molecule has 0 aliphatic carbocycles. The predicted molar refractivity (Wildman–Crippen MR) is 36.6 cm³/mol. The number of hydrogen-bond donors (Lipinski definition) is 1. The Bertz CT molecular complexity index is 103. The minimum atomic E-state index is -0.639. The largest absolute Gasteiger partial charge is 0.313 e. The fourth-order valence-electron chi connectivity index (χ4n) is 0.332. The van der Waals surface area contributed by atoms with Gasteiger partial charge in [0.2, 0.25) is 0 Å². The molecule has 0 fully saturated rings. The van der Waals surface area contributed by atoms with Crippen LogP contribution >= 0.6 is 11.8 Å². The van der Waals surface area contributed by atoms with Crippen molar-refractivity contribution in [2.24, 2.45) is 5.73 Å². The van der Waals surface area contributed by atoms with E-state index in [-0.39, 0.29) is 0 Å². The van der Waals surface area contributed by atoms with Gasteiger partial charge in [-0.3, -0.25) is 0 Å². The van der Waals surface area contributed by atoms with Gasteiger partial charge in [-0.15, -0.1) is 0 Å². The molecule has 0 radical (unpaired) electrons. The molecule has 0 heterocycles. The minimum absolute atomic E-state index is 0.639. The van der Waals surface area contributed by atoms with Crippen molar-refractivity contribution >= 4 is 11.8 Å². The molecule has 0 amide bonds. The highest BCUT2D eigenvalue weighted by atomic mass is 32.2. The third kappa shape index (κ3) is 2.89. The zero-order valence-corrected chi connectivity index (χ0v) is 5.96. The van der Waals surface area contributed by atoms with Gasteiger partial charge in [-0.25, -0.2) is 0 Å². The molecule has 0 rings (SSSR count). The maximum atomic E-state index is 8.34. The number of thioether (sulfide) groups is 1. The molecule has 1 unspecified atom stereocenters. The molecule has 0 aliphatic heterocycles. The summed E-state index contributed by atoms with van der Waals surface area (Å²) in [6, 6.07) is 2.00. The lowest BCUT2D eigenvalue weighted by atomic mass is 10.1. The minimum Gasteiger partial charge on any atom is -0.313 e. The summed E-state index contributed by atoms with van der Waals surface area (Å²) in [5.74, 6) is 0.698. The second kappa shape index (κ2) is 2.95. The first-order valence-corrected chi connectivity index (χ1v) is 3.71. The van der Waals surface area contributed by atoms with Crippen LogP contribution in [0.15, 0.2) is 0 Å². The molecule has 0 spiro atoms. The molecule has 1 atom stereocenters. The Labute approximate surface area is 54.1 Å². The van der Waals surface area contributed by atoms with Crippen LogP contribution in [-0.2, 0) is 0 Å². The Balaban J connectivity index is 3.59. The fraction of sp³-hybridized carbons (Fsp3) is 0.800. The zero-order chi connectivity index (χ0) is 6.62. The summed E-state index contributed by atoms with van der Waals surface area (Å²) < 4.78 is 0. The second-order valence-electron chi connectivity index (χ2n) is 1.96. The normalized spacial score (nSPS) is 16.8. The van der Waals surface area contributed by atoms with E-state index in [1.165, 1.54) is 0 Å². The first-order chi connectivity index (χ1) is 3.62. The summed E-state index contributed by atoms with van der Waals surface area (Å²) in [6.45, 7) is 1.73. The summed E-state index contributed by atoms with van der Waals surface area (Å²) in [7, 11) is 0. The van der Waals surface area contributed by atoms with Crippen LogP contribution in [0.4, 0.5) is 0 Å². The molecule has 0 aromatic carbocycles. The summed E-state index contributed by atoms with van der Waals surface area (Å²) in [6.07, 6.45) is 1.93. The second-order valence-corrected chi connectivity index (χ2v) is 2.83. The van der Waals surface area contributed by atoms with Crippen molar-refractivity contribution in [3.05, 3.63) is 0 Å². The predicted octanol–water partition coefficient (Wildman–Crippen LogP) is 0.590. The lowest BCUT2D eigenvalue weighted by Crippen LogP contribution is -2.36. The van der Waals surface area contributed by atoms with Gasteiger partial charge in [0.25, 0.3) is 0 Å². The first kappa shape index (κ1) is 7.80. The van der Waals surface area contributed by atoms with Crippen molar-refractivity contribution in [2.75, 3.05) is 12.0 Å². The maximum Gasteiger partial charge on any atom is 0.110 e. The molecule has 0 aromatic rings. The average Bonchev–Trinajstić information content (AvgIpc) is 1.67. The number of nitrogens with two attached hydrogens (primary N) is 1. The third-order valence-corrected chi connectivity index (χ3v) is 1.59. The molecule has 46 valence electrons. The van der Waals surface area contributed by atoms with E-state index in [1.807, 2.05) is 12.3 Å². The topological polar surface area (TPSA) is 49.8 Å². The van der Waals surface area contributed by atoms with Crippen molar-refractivity contribution in [3.8, 4) is 6.07 Å². The Morgan fingerprint density at radius 1 is 1.88 bits per heavy atom. The molecule has 2 N–H and O–H groups in total. The lowest BCUT2D eigenvalue weighted by Gasteiger charge is -2.11. The van der Waals surface area contributed by atoms with Gasteiger partial charge in [-0.1, -0.05) is 0 Å². The van der Waals surface area contributed by atoms with Crippen molar-refractivity contribution in [1.29, 1.82) is 5.26 Å². The number of nitrogens with zero attached hydrogens (tertiary/aromatic N) is 1. The molecule has 3 heteroatoms. The van der Waals surface area contributed by atoms with Crippen LogP contribution in [0.2, 0.25) is 0 Å². The summed E-state index contributed by atoms with van der Waals surface area (Å²) in [5.41, 5.74) is 4.81. The van der Waals surface area contributed by atoms with Crippen LogP contribution < -0.4 is 5.73 Å². The Morgan fingerprint density at radius 2 is 2.38 bits per heavy atom. The first-order valence-electron chi connectivity index (χ1n) is 2.31. The van der Waals surface area contributed by atoms with E-state index < -0.39 is 5.54 Å². The van der Waals surface area contributed by atoms with Crippen molar-refractivity contribution < 1.29 is 0 Å². The van der Waals surface area contributed by atoms with Gasteiger partial charge in [-0.2, -0.15) is 17.0 Å². The van der Waals surface area contributed by atoms with E-state index in [4.69, 9.17) is 11.0 Å². The molecule has 0 saturated carbocycles. The molecule has 8 heavy (non-hydrogen) atoms. The molecule has 0 saturated heterocycles. The van der Waals surface area contributed by atoms with E-state index in [0.717, 1.165) is 0 Å². The summed E-state index contributed by atoms with van der Waals surface area (Å²) in [5, 5.41) is 8.34. The highest BCUT2D eigenvalue weighted by molar-refractivity contribution is 7.98. The fourth-order valence-corrected chi connectivity index (χ4v) is 0.996. The summed E-state index contributed by atoms with van der Waals surface area (Å²) >= 11 is 1.59. The van der Waals surface area contributed by atoms with Gasteiger partial charge < -0.3 is 5.73 Å². The molecule has 0 bridgehead atoms. The van der Waals surface area contributed by atoms with Crippen LogP contribution in [0.3, 0.4) is 0 Å². The molecular formula is C5H10N2S. The lowest BCUT2D eigenvalue weighted by molar-refractivity contribution is 0.683. The van der Waals surface area contributed by atoms with Crippen LogP contribution in [-0.4, -0.2) is 17.5 Å². The third-order valence-electron chi connectivity index (χ3n) is 0.700. The van der Waals surface area contributed by atoms with E-state index in [9.17, 15) is 0 Å². The van der Waals surface area contributed by atoms with Gasteiger partial charge in [0.1, 0.15) is 5.54 Å². The van der Waals surface area contributed by atoms with Gasteiger partial charge in [0.15, 0.2) is 0 Å². The molecule has 2 nitrogen and oxygen atoms in total. The van der Waals surface area contributed by atoms with E-state index in [2.05, 4.69) is 0 Å². The van der Waals surface area contributed by atoms with Crippen LogP contribution in [0.25, 0.3) is 0 Å². The number of nitriles is 1. The van der Waals surface area contributed by atoms with Crippen molar-refractivity contribution in [2.45, 2.75) is 12.5 Å². The summed E-state index contributed by atoms with van der Waals surface area (Å²) in [4.78, 5) is 0. The Hall–Kier alpha value is -0.200. The van der Waals surface area contributed by atoms with Gasteiger partial charge in [0, 0.05) is 5.75 Å². The molecule has 0 aromatic heterocycles. The van der Waals surface area contributed by atoms with Crippen molar-refractivity contribution in [3.63, 3.8) is 0 Å². The van der Waals surface area contributed by atoms with E-state index in [1.54, 1.807) is 18.7 Å². The Kier molecular flexibility index (Phi) is 2.88. The average molecular weight is 130 g/mol.